The van der Waals surface area contributed by atoms with Gasteiger partial charge in [0, 0.05) is 36.7 Å². The first-order chi connectivity index (χ1) is 12.5. The van der Waals surface area contributed by atoms with Crippen molar-refractivity contribution in [3.05, 3.63) is 35.7 Å². The molecule has 2 heterocycles. The first-order valence-electron chi connectivity index (χ1n) is 8.62. The Kier molecular flexibility index (Phi) is 6.76. The normalized spacial score (nSPS) is 14.1. The van der Waals surface area contributed by atoms with Gasteiger partial charge in [0.15, 0.2) is 0 Å². The van der Waals surface area contributed by atoms with Crippen LogP contribution in [0.1, 0.15) is 49.3 Å². The Labute approximate surface area is 152 Å². The molecule has 1 aliphatic carbocycles. The maximum Gasteiger partial charge on any atom is 0.318 e. The summed E-state index contributed by atoms with van der Waals surface area (Å²) in [6.45, 7) is 4.35. The van der Waals surface area contributed by atoms with Gasteiger partial charge in [0.05, 0.1) is 18.8 Å². The summed E-state index contributed by atoms with van der Waals surface area (Å²) in [5.41, 5.74) is 2.05. The highest BCUT2D eigenvalue weighted by atomic mass is 16.3. The number of carbonyl (C=O) groups is 2. The first kappa shape index (κ1) is 19.5. The number of H-pyrrole nitrogens is 1. The maximum absolute atomic E-state index is 12.7. The van der Waals surface area contributed by atoms with Gasteiger partial charge in [-0.3, -0.25) is 9.48 Å². The second-order valence-corrected chi connectivity index (χ2v) is 6.35. The van der Waals surface area contributed by atoms with Gasteiger partial charge in [-0.05, 0) is 26.2 Å². The van der Waals surface area contributed by atoms with Crippen molar-refractivity contribution in [1.82, 2.24) is 30.0 Å². The van der Waals surface area contributed by atoms with E-state index in [1.165, 1.54) is 0 Å². The molecule has 2 amide bonds. The lowest BCUT2D eigenvalue weighted by Crippen LogP contribution is -2.42. The van der Waals surface area contributed by atoms with Crippen molar-refractivity contribution in [2.45, 2.75) is 51.7 Å². The summed E-state index contributed by atoms with van der Waals surface area (Å²) in [6, 6.07) is 0.217. The van der Waals surface area contributed by atoms with Crippen LogP contribution in [0.25, 0.3) is 0 Å². The third-order valence-corrected chi connectivity index (χ3v) is 4.12. The molecule has 1 atom stereocenters. The van der Waals surface area contributed by atoms with Crippen molar-refractivity contribution >= 4 is 12.5 Å². The Morgan fingerprint density at radius 1 is 1.54 bits per heavy atom. The number of aromatic amines is 1. The number of carboxylic acid groups (broad SMARTS) is 1. The third-order valence-electron chi connectivity index (χ3n) is 4.12. The quantitative estimate of drug-likeness (QED) is 0.680. The van der Waals surface area contributed by atoms with Crippen molar-refractivity contribution in [1.29, 1.82) is 0 Å². The maximum atomic E-state index is 12.7. The number of rotatable bonds is 6. The Morgan fingerprint density at radius 2 is 2.23 bits per heavy atom. The highest BCUT2D eigenvalue weighted by Crippen LogP contribution is 2.29. The van der Waals surface area contributed by atoms with Gasteiger partial charge in [0.1, 0.15) is 5.82 Å². The molecule has 0 bridgehead atoms. The minimum Gasteiger partial charge on any atom is -0.483 e. The molecule has 0 saturated heterocycles. The second-order valence-electron chi connectivity index (χ2n) is 6.35. The monoisotopic (exact) mass is 362 g/mol. The summed E-state index contributed by atoms with van der Waals surface area (Å²) in [4.78, 5) is 30.6. The smallest absolute Gasteiger partial charge is 0.318 e. The Hall–Kier alpha value is -2.84. The molecule has 1 fully saturated rings. The molecule has 2 aromatic heterocycles. The zero-order chi connectivity index (χ0) is 19.1. The molecular weight excluding hydrogens is 336 g/mol. The average Bonchev–Trinajstić information content (AvgIpc) is 3.23. The van der Waals surface area contributed by atoms with Crippen LogP contribution in [0.4, 0.5) is 4.79 Å². The van der Waals surface area contributed by atoms with E-state index in [4.69, 9.17) is 9.90 Å². The van der Waals surface area contributed by atoms with E-state index in [2.05, 4.69) is 20.4 Å². The Morgan fingerprint density at radius 3 is 2.69 bits per heavy atom. The number of aryl methyl sites for hydroxylation is 2. The summed E-state index contributed by atoms with van der Waals surface area (Å²) in [7, 11) is 1.89. The van der Waals surface area contributed by atoms with Crippen molar-refractivity contribution in [3.8, 4) is 0 Å². The number of imidazole rings is 1. The molecule has 1 aliphatic rings. The fraction of sp³-hybridized carbons (Fsp3) is 0.529. The number of nitrogens with one attached hydrogen (secondary N) is 2. The van der Waals surface area contributed by atoms with Crippen LogP contribution in [0.5, 0.6) is 0 Å². The standard InChI is InChI=1S/C16H24N6O.CH2O2/c1-4-14(15-17-7-11(2)19-15)20-16(23)22(13-5-6-13)10-12-8-18-21(3)9-12;2-1-3/h7-9,13-14H,4-6,10H2,1-3H3,(H,17,19)(H,20,23);1H,(H,2,3). The van der Waals surface area contributed by atoms with Crippen molar-refractivity contribution in [2.24, 2.45) is 7.05 Å². The molecule has 0 radical (unpaired) electrons. The molecule has 1 unspecified atom stereocenters. The van der Waals surface area contributed by atoms with E-state index in [0.717, 1.165) is 36.3 Å². The molecular formula is C17H26N6O3. The molecule has 26 heavy (non-hydrogen) atoms. The van der Waals surface area contributed by atoms with E-state index >= 15 is 0 Å². The third kappa shape index (κ3) is 5.33. The van der Waals surface area contributed by atoms with Crippen LogP contribution in [0.2, 0.25) is 0 Å². The predicted octanol–water partition coefficient (Wildman–Crippen LogP) is 1.98. The SMILES string of the molecule is CCC(NC(=O)N(Cc1cnn(C)c1)C1CC1)c1ncc(C)[nH]1.O=CO. The summed E-state index contributed by atoms with van der Waals surface area (Å²) in [5.74, 6) is 0.815. The number of hydrogen-bond acceptors (Lipinski definition) is 4. The van der Waals surface area contributed by atoms with Crippen LogP contribution in [0.15, 0.2) is 18.6 Å². The number of amides is 2. The molecule has 0 spiro atoms. The minimum atomic E-state index is -0.250. The van der Waals surface area contributed by atoms with Gasteiger partial charge in [0.2, 0.25) is 0 Å². The summed E-state index contributed by atoms with van der Waals surface area (Å²) >= 11 is 0. The molecule has 2 aromatic rings. The average molecular weight is 362 g/mol. The van der Waals surface area contributed by atoms with E-state index in [1.54, 1.807) is 10.9 Å². The van der Waals surface area contributed by atoms with Crippen molar-refractivity contribution < 1.29 is 14.7 Å². The predicted molar refractivity (Wildman–Crippen MR) is 95.4 cm³/mol. The van der Waals surface area contributed by atoms with E-state index in [-0.39, 0.29) is 18.5 Å². The topological polar surface area (TPSA) is 116 Å². The van der Waals surface area contributed by atoms with Gasteiger partial charge < -0.3 is 20.3 Å². The molecule has 9 nitrogen and oxygen atoms in total. The van der Waals surface area contributed by atoms with E-state index in [0.29, 0.717) is 12.6 Å². The largest absolute Gasteiger partial charge is 0.483 e. The molecule has 0 aromatic carbocycles. The van der Waals surface area contributed by atoms with Crippen LogP contribution in [0.3, 0.4) is 0 Å². The van der Waals surface area contributed by atoms with Crippen molar-refractivity contribution in [2.75, 3.05) is 0 Å². The molecule has 3 rings (SSSR count). The Bertz CT molecular complexity index is 722. The highest BCUT2D eigenvalue weighted by molar-refractivity contribution is 5.75. The molecule has 9 heteroatoms. The van der Waals surface area contributed by atoms with Crippen LogP contribution >= 0.6 is 0 Å². The summed E-state index contributed by atoms with van der Waals surface area (Å²) in [5, 5.41) is 14.2. The lowest BCUT2D eigenvalue weighted by Gasteiger charge is -2.25. The zero-order valence-electron chi connectivity index (χ0n) is 15.3. The Balaban J connectivity index is 0.000000758. The zero-order valence-corrected chi connectivity index (χ0v) is 15.3. The fourth-order valence-corrected chi connectivity index (χ4v) is 2.71. The van der Waals surface area contributed by atoms with Gasteiger partial charge >= 0.3 is 6.03 Å². The van der Waals surface area contributed by atoms with Crippen LogP contribution in [0, 0.1) is 6.92 Å². The number of nitrogens with zero attached hydrogens (tertiary/aromatic N) is 4. The fourth-order valence-electron chi connectivity index (χ4n) is 2.71. The van der Waals surface area contributed by atoms with Gasteiger partial charge in [-0.2, -0.15) is 5.10 Å². The number of hydrogen-bond donors (Lipinski definition) is 3. The highest BCUT2D eigenvalue weighted by Gasteiger charge is 2.33. The lowest BCUT2D eigenvalue weighted by atomic mass is 10.2. The minimum absolute atomic E-state index is 0.0303. The van der Waals surface area contributed by atoms with Gasteiger partial charge in [-0.15, -0.1) is 0 Å². The summed E-state index contributed by atoms with van der Waals surface area (Å²) in [6.07, 6.45) is 8.50. The van der Waals surface area contributed by atoms with E-state index in [1.807, 2.05) is 38.2 Å². The van der Waals surface area contributed by atoms with Gasteiger partial charge in [-0.1, -0.05) is 6.92 Å². The molecule has 142 valence electrons. The molecule has 3 N–H and O–H groups in total. The van der Waals surface area contributed by atoms with Gasteiger partial charge in [0.25, 0.3) is 6.47 Å². The summed E-state index contributed by atoms with van der Waals surface area (Å²) < 4.78 is 1.76. The van der Waals surface area contributed by atoms with Gasteiger partial charge in [-0.25, -0.2) is 9.78 Å². The van der Waals surface area contributed by atoms with Crippen LogP contribution in [-0.2, 0) is 18.4 Å². The van der Waals surface area contributed by atoms with E-state index in [9.17, 15) is 4.79 Å². The van der Waals surface area contributed by atoms with Crippen molar-refractivity contribution in [3.63, 3.8) is 0 Å². The molecule has 0 aliphatic heterocycles. The number of urea groups is 1. The number of carbonyl (C=O) groups excluding carboxylic acids is 1. The van der Waals surface area contributed by atoms with Crippen LogP contribution in [-0.4, -0.2) is 48.3 Å². The first-order valence-corrected chi connectivity index (χ1v) is 8.62. The second kappa shape index (κ2) is 9.02. The lowest BCUT2D eigenvalue weighted by molar-refractivity contribution is -0.122. The van der Waals surface area contributed by atoms with Crippen LogP contribution < -0.4 is 5.32 Å². The molecule has 1 saturated carbocycles. The van der Waals surface area contributed by atoms with E-state index < -0.39 is 0 Å². The number of aromatic nitrogens is 4.